The normalized spacial score (nSPS) is 19.4. The van der Waals surface area contributed by atoms with Crippen LogP contribution in [0.5, 0.6) is 0 Å². The van der Waals surface area contributed by atoms with E-state index in [1.165, 1.54) is 0 Å². The van der Waals surface area contributed by atoms with E-state index in [1.807, 2.05) is 0 Å². The van der Waals surface area contributed by atoms with Crippen LogP contribution in [0.25, 0.3) is 0 Å². The van der Waals surface area contributed by atoms with E-state index in [0.29, 0.717) is 19.6 Å². The second-order valence-corrected chi connectivity index (χ2v) is 5.28. The number of aliphatic carboxylic acids is 1. The number of likely N-dealkylation sites (tertiary alicyclic amines) is 1. The predicted molar refractivity (Wildman–Crippen MR) is 63.9 cm³/mol. The summed E-state index contributed by atoms with van der Waals surface area (Å²) < 4.78 is 37.3. The molecule has 108 valence electrons. The quantitative estimate of drug-likeness (QED) is 0.868. The number of carboxylic acid groups (broad SMARTS) is 1. The van der Waals surface area contributed by atoms with E-state index in [1.54, 1.807) is 18.7 Å². The SMILES string of the molecule is CC(C)(CN1CCC(C(F)(F)F)CC1)C(=O)O.Cl. The van der Waals surface area contributed by atoms with Crippen molar-refractivity contribution < 1.29 is 23.1 Å². The number of halogens is 4. The zero-order valence-corrected chi connectivity index (χ0v) is 11.3. The Morgan fingerprint density at radius 2 is 1.72 bits per heavy atom. The first-order chi connectivity index (χ1) is 7.63. The summed E-state index contributed by atoms with van der Waals surface area (Å²) in [4.78, 5) is 12.7. The summed E-state index contributed by atoms with van der Waals surface area (Å²) in [7, 11) is 0. The van der Waals surface area contributed by atoms with Crippen molar-refractivity contribution in [3.63, 3.8) is 0 Å². The smallest absolute Gasteiger partial charge is 0.391 e. The molecule has 7 heteroatoms. The van der Waals surface area contributed by atoms with Crippen LogP contribution in [-0.4, -0.2) is 41.8 Å². The summed E-state index contributed by atoms with van der Waals surface area (Å²) in [6.07, 6.45) is -3.98. The van der Waals surface area contributed by atoms with Crippen LogP contribution < -0.4 is 0 Å². The van der Waals surface area contributed by atoms with Gasteiger partial charge in [-0.2, -0.15) is 13.2 Å². The van der Waals surface area contributed by atoms with Crippen LogP contribution in [0.15, 0.2) is 0 Å². The highest BCUT2D eigenvalue weighted by molar-refractivity contribution is 5.85. The molecule has 0 bridgehead atoms. The van der Waals surface area contributed by atoms with E-state index in [2.05, 4.69) is 0 Å². The third-order valence-electron chi connectivity index (χ3n) is 3.25. The van der Waals surface area contributed by atoms with Gasteiger partial charge in [0.1, 0.15) is 0 Å². The fraction of sp³-hybridized carbons (Fsp3) is 0.909. The first kappa shape index (κ1) is 17.5. The van der Waals surface area contributed by atoms with Crippen LogP contribution in [0, 0.1) is 11.3 Å². The number of carbonyl (C=O) groups is 1. The summed E-state index contributed by atoms with van der Waals surface area (Å²) in [6.45, 7) is 4.12. The first-order valence-electron chi connectivity index (χ1n) is 5.65. The molecule has 1 aliphatic heterocycles. The number of piperidine rings is 1. The monoisotopic (exact) mass is 289 g/mol. The number of alkyl halides is 3. The van der Waals surface area contributed by atoms with Crippen molar-refractivity contribution in [3.8, 4) is 0 Å². The maximum Gasteiger partial charge on any atom is 0.391 e. The van der Waals surface area contributed by atoms with Gasteiger partial charge in [-0.1, -0.05) is 0 Å². The number of rotatable bonds is 3. The average molecular weight is 290 g/mol. The maximum atomic E-state index is 12.4. The fourth-order valence-electron chi connectivity index (χ4n) is 2.05. The van der Waals surface area contributed by atoms with Gasteiger partial charge < -0.3 is 10.0 Å². The molecule has 0 spiro atoms. The van der Waals surface area contributed by atoms with E-state index in [0.717, 1.165) is 0 Å². The Balaban J connectivity index is 0.00000289. The summed E-state index contributed by atoms with van der Waals surface area (Å²) in [5, 5.41) is 8.95. The number of hydrogen-bond acceptors (Lipinski definition) is 2. The maximum absolute atomic E-state index is 12.4. The first-order valence-corrected chi connectivity index (χ1v) is 5.65. The Labute approximate surface area is 111 Å². The van der Waals surface area contributed by atoms with Crippen molar-refractivity contribution >= 4 is 18.4 Å². The summed E-state index contributed by atoms with van der Waals surface area (Å²) >= 11 is 0. The minimum absolute atomic E-state index is 0. The van der Waals surface area contributed by atoms with Crippen molar-refractivity contribution in [2.45, 2.75) is 32.9 Å². The van der Waals surface area contributed by atoms with Gasteiger partial charge in [0.2, 0.25) is 0 Å². The molecular formula is C11H19ClF3NO2. The molecule has 0 unspecified atom stereocenters. The van der Waals surface area contributed by atoms with E-state index >= 15 is 0 Å². The molecule has 18 heavy (non-hydrogen) atoms. The predicted octanol–water partition coefficient (Wildman–Crippen LogP) is 2.79. The largest absolute Gasteiger partial charge is 0.481 e. The Bertz CT molecular complexity index is 287. The lowest BCUT2D eigenvalue weighted by atomic mass is 9.90. The van der Waals surface area contributed by atoms with Gasteiger partial charge in [-0.15, -0.1) is 12.4 Å². The molecule has 1 saturated heterocycles. The van der Waals surface area contributed by atoms with Gasteiger partial charge in [0, 0.05) is 6.54 Å². The zero-order valence-electron chi connectivity index (χ0n) is 10.5. The van der Waals surface area contributed by atoms with Gasteiger partial charge in [0.25, 0.3) is 0 Å². The highest BCUT2D eigenvalue weighted by Gasteiger charge is 2.42. The second kappa shape index (κ2) is 6.10. The Morgan fingerprint density at radius 1 is 1.28 bits per heavy atom. The van der Waals surface area contributed by atoms with Crippen molar-refractivity contribution in [1.29, 1.82) is 0 Å². The topological polar surface area (TPSA) is 40.5 Å². The Morgan fingerprint density at radius 3 is 2.06 bits per heavy atom. The standard InChI is InChI=1S/C11H18F3NO2.ClH/c1-10(2,9(16)17)7-15-5-3-8(4-6-15)11(12,13)14;/h8H,3-7H2,1-2H3,(H,16,17);1H. The summed E-state index contributed by atoms with van der Waals surface area (Å²) in [5.74, 6) is -2.15. The summed E-state index contributed by atoms with van der Waals surface area (Å²) in [6, 6.07) is 0. The van der Waals surface area contributed by atoms with Crippen LogP contribution in [0.2, 0.25) is 0 Å². The van der Waals surface area contributed by atoms with Crippen molar-refractivity contribution in [2.75, 3.05) is 19.6 Å². The molecule has 1 N–H and O–H groups in total. The van der Waals surface area contributed by atoms with E-state index < -0.39 is 23.5 Å². The molecule has 0 aromatic rings. The van der Waals surface area contributed by atoms with Gasteiger partial charge in [0.05, 0.1) is 11.3 Å². The lowest BCUT2D eigenvalue weighted by Gasteiger charge is -2.36. The van der Waals surface area contributed by atoms with Crippen LogP contribution in [-0.2, 0) is 4.79 Å². The molecule has 1 heterocycles. The van der Waals surface area contributed by atoms with Gasteiger partial charge in [-0.25, -0.2) is 0 Å². The molecule has 0 aromatic heterocycles. The lowest BCUT2D eigenvalue weighted by Crippen LogP contribution is -2.45. The summed E-state index contributed by atoms with van der Waals surface area (Å²) in [5.41, 5.74) is -0.912. The number of carboxylic acids is 1. The molecule has 0 radical (unpaired) electrons. The van der Waals surface area contributed by atoms with E-state index in [4.69, 9.17) is 5.11 Å². The van der Waals surface area contributed by atoms with Crippen LogP contribution in [0.3, 0.4) is 0 Å². The van der Waals surface area contributed by atoms with Crippen LogP contribution in [0.1, 0.15) is 26.7 Å². The molecule has 3 nitrogen and oxygen atoms in total. The van der Waals surface area contributed by atoms with Crippen molar-refractivity contribution in [1.82, 2.24) is 4.90 Å². The minimum Gasteiger partial charge on any atom is -0.481 e. The highest BCUT2D eigenvalue weighted by Crippen LogP contribution is 2.34. The third kappa shape index (κ3) is 4.65. The number of hydrogen-bond donors (Lipinski definition) is 1. The molecule has 1 rings (SSSR count). The molecule has 0 aromatic carbocycles. The highest BCUT2D eigenvalue weighted by atomic mass is 35.5. The molecule has 1 fully saturated rings. The lowest BCUT2D eigenvalue weighted by molar-refractivity contribution is -0.186. The fourth-order valence-corrected chi connectivity index (χ4v) is 2.05. The third-order valence-corrected chi connectivity index (χ3v) is 3.25. The Hall–Kier alpha value is -0.490. The average Bonchev–Trinajstić information content (AvgIpc) is 2.16. The molecule has 0 aliphatic carbocycles. The van der Waals surface area contributed by atoms with Gasteiger partial charge in [-0.05, 0) is 39.8 Å². The van der Waals surface area contributed by atoms with E-state index in [-0.39, 0.29) is 25.2 Å². The van der Waals surface area contributed by atoms with E-state index in [9.17, 15) is 18.0 Å². The second-order valence-electron chi connectivity index (χ2n) is 5.28. The molecule has 0 amide bonds. The van der Waals surface area contributed by atoms with Crippen LogP contribution in [0.4, 0.5) is 13.2 Å². The van der Waals surface area contributed by atoms with Crippen molar-refractivity contribution in [3.05, 3.63) is 0 Å². The zero-order chi connectivity index (χ0) is 13.3. The Kier molecular flexibility index (Phi) is 5.94. The minimum atomic E-state index is -4.12. The van der Waals surface area contributed by atoms with Gasteiger partial charge >= 0.3 is 12.1 Å². The molecular weight excluding hydrogens is 271 g/mol. The molecule has 0 atom stereocenters. The number of nitrogens with zero attached hydrogens (tertiary/aromatic N) is 1. The van der Waals surface area contributed by atoms with Crippen LogP contribution >= 0.6 is 12.4 Å². The van der Waals surface area contributed by atoms with Crippen molar-refractivity contribution in [2.24, 2.45) is 11.3 Å². The van der Waals surface area contributed by atoms with Gasteiger partial charge in [-0.3, -0.25) is 4.79 Å². The van der Waals surface area contributed by atoms with Gasteiger partial charge in [0.15, 0.2) is 0 Å². The molecule has 0 saturated carbocycles. The molecule has 1 aliphatic rings.